The van der Waals surface area contributed by atoms with Crippen LogP contribution in [0.25, 0.3) is 0 Å². The lowest BCUT2D eigenvalue weighted by Crippen LogP contribution is -2.36. The molecule has 19 heavy (non-hydrogen) atoms. The summed E-state index contributed by atoms with van der Waals surface area (Å²) in [5.74, 6) is -3.10. The Morgan fingerprint density at radius 3 is 2.53 bits per heavy atom. The highest BCUT2D eigenvalue weighted by molar-refractivity contribution is 5.15. The molecule has 1 aromatic heterocycles. The van der Waals surface area contributed by atoms with Crippen LogP contribution in [-0.2, 0) is 0 Å². The SMILES string of the molecule is OC(c1cncc(F)c1)C1CCCCC1C(F)(F)F. The predicted octanol–water partition coefficient (Wildman–Crippen LogP) is 3.62. The summed E-state index contributed by atoms with van der Waals surface area (Å²) in [6.07, 6.45) is -2.00. The molecule has 1 saturated carbocycles. The number of hydrogen-bond acceptors (Lipinski definition) is 2. The van der Waals surface area contributed by atoms with Crippen LogP contribution in [0.4, 0.5) is 17.6 Å². The molecule has 0 radical (unpaired) electrons. The summed E-state index contributed by atoms with van der Waals surface area (Å²) in [7, 11) is 0. The van der Waals surface area contributed by atoms with E-state index in [1.165, 1.54) is 6.20 Å². The summed E-state index contributed by atoms with van der Waals surface area (Å²) < 4.78 is 51.9. The molecule has 0 spiro atoms. The van der Waals surface area contributed by atoms with Gasteiger partial charge in [-0.2, -0.15) is 13.2 Å². The summed E-state index contributed by atoms with van der Waals surface area (Å²) in [4.78, 5) is 3.57. The Bertz CT molecular complexity index is 435. The van der Waals surface area contributed by atoms with Crippen LogP contribution < -0.4 is 0 Å². The van der Waals surface area contributed by atoms with E-state index in [1.807, 2.05) is 0 Å². The first-order valence-corrected chi connectivity index (χ1v) is 6.25. The lowest BCUT2D eigenvalue weighted by Gasteiger charge is -2.36. The standard InChI is InChI=1S/C13H15F4NO/c14-9-5-8(6-18-7-9)12(19)10-3-1-2-4-11(10)13(15,16)17/h5-7,10-12,19H,1-4H2. The molecule has 6 heteroatoms. The average Bonchev–Trinajstić information content (AvgIpc) is 2.37. The number of nitrogens with zero attached hydrogens (tertiary/aromatic N) is 1. The Balaban J connectivity index is 2.22. The van der Waals surface area contributed by atoms with Gasteiger partial charge < -0.3 is 5.11 Å². The van der Waals surface area contributed by atoms with Crippen molar-refractivity contribution in [2.45, 2.75) is 38.0 Å². The number of hydrogen-bond donors (Lipinski definition) is 1. The van der Waals surface area contributed by atoms with Gasteiger partial charge in [-0.1, -0.05) is 12.8 Å². The maximum absolute atomic E-state index is 13.0. The molecule has 1 N–H and O–H groups in total. The maximum Gasteiger partial charge on any atom is 0.392 e. The largest absolute Gasteiger partial charge is 0.392 e. The van der Waals surface area contributed by atoms with E-state index in [1.54, 1.807) is 0 Å². The number of halogens is 4. The lowest BCUT2D eigenvalue weighted by molar-refractivity contribution is -0.207. The Kier molecular flexibility index (Phi) is 4.08. The third-order valence-electron chi connectivity index (χ3n) is 3.71. The van der Waals surface area contributed by atoms with Crippen molar-refractivity contribution in [2.24, 2.45) is 11.8 Å². The minimum atomic E-state index is -4.33. The van der Waals surface area contributed by atoms with Crippen molar-refractivity contribution in [2.75, 3.05) is 0 Å². The molecule has 1 aliphatic carbocycles. The minimum absolute atomic E-state index is 0.0218. The van der Waals surface area contributed by atoms with E-state index in [0.29, 0.717) is 19.3 Å². The molecule has 2 nitrogen and oxygen atoms in total. The van der Waals surface area contributed by atoms with E-state index in [2.05, 4.69) is 4.98 Å². The number of alkyl halides is 3. The van der Waals surface area contributed by atoms with Gasteiger partial charge in [0.25, 0.3) is 0 Å². The third-order valence-corrected chi connectivity index (χ3v) is 3.71. The number of aliphatic hydroxyl groups is 1. The third kappa shape index (κ3) is 3.23. The summed E-state index contributed by atoms with van der Waals surface area (Å²) >= 11 is 0. The molecule has 3 unspecified atom stereocenters. The van der Waals surface area contributed by atoms with Gasteiger partial charge in [0.2, 0.25) is 0 Å². The molecule has 1 heterocycles. The summed E-state index contributed by atoms with van der Waals surface area (Å²) in [5.41, 5.74) is 0.112. The van der Waals surface area contributed by atoms with Gasteiger partial charge in [0.15, 0.2) is 0 Å². The first-order valence-electron chi connectivity index (χ1n) is 6.25. The normalized spacial score (nSPS) is 26.2. The second-order valence-electron chi connectivity index (χ2n) is 4.98. The molecule has 0 saturated heterocycles. The van der Waals surface area contributed by atoms with Gasteiger partial charge in [-0.15, -0.1) is 0 Å². The Morgan fingerprint density at radius 1 is 1.21 bits per heavy atom. The van der Waals surface area contributed by atoms with Crippen LogP contribution in [0.3, 0.4) is 0 Å². The van der Waals surface area contributed by atoms with Gasteiger partial charge >= 0.3 is 6.18 Å². The lowest BCUT2D eigenvalue weighted by atomic mass is 9.74. The van der Waals surface area contributed by atoms with Crippen molar-refractivity contribution in [3.8, 4) is 0 Å². The van der Waals surface area contributed by atoms with E-state index in [-0.39, 0.29) is 12.0 Å². The zero-order valence-electron chi connectivity index (χ0n) is 10.2. The van der Waals surface area contributed by atoms with Crippen LogP contribution in [0, 0.1) is 17.7 Å². The predicted molar refractivity (Wildman–Crippen MR) is 60.7 cm³/mol. The molecule has 0 amide bonds. The fourth-order valence-corrected chi connectivity index (χ4v) is 2.78. The molecule has 1 aliphatic rings. The second kappa shape index (κ2) is 5.45. The van der Waals surface area contributed by atoms with Crippen molar-refractivity contribution in [3.05, 3.63) is 29.8 Å². The van der Waals surface area contributed by atoms with Gasteiger partial charge in [0.05, 0.1) is 18.2 Å². The van der Waals surface area contributed by atoms with Crippen LogP contribution in [0.1, 0.15) is 37.4 Å². The van der Waals surface area contributed by atoms with Crippen molar-refractivity contribution in [3.63, 3.8) is 0 Å². The maximum atomic E-state index is 13.0. The molecule has 1 aromatic rings. The van der Waals surface area contributed by atoms with Gasteiger partial charge in [0.1, 0.15) is 5.82 Å². The molecule has 106 valence electrons. The van der Waals surface area contributed by atoms with Gasteiger partial charge in [-0.3, -0.25) is 4.98 Å². The molecule has 1 fully saturated rings. The topological polar surface area (TPSA) is 33.1 Å². The van der Waals surface area contributed by atoms with Gasteiger partial charge in [-0.05, 0) is 18.9 Å². The number of pyridine rings is 1. The number of aliphatic hydroxyl groups excluding tert-OH is 1. The van der Waals surface area contributed by atoms with Crippen molar-refractivity contribution >= 4 is 0 Å². The molecule has 0 bridgehead atoms. The van der Waals surface area contributed by atoms with E-state index in [4.69, 9.17) is 0 Å². The van der Waals surface area contributed by atoms with Crippen LogP contribution in [-0.4, -0.2) is 16.3 Å². The van der Waals surface area contributed by atoms with Gasteiger partial charge in [-0.25, -0.2) is 4.39 Å². The molecule has 0 aromatic carbocycles. The molecular formula is C13H15F4NO. The second-order valence-corrected chi connectivity index (χ2v) is 4.98. The monoisotopic (exact) mass is 277 g/mol. The molecule has 0 aliphatic heterocycles. The summed E-state index contributed by atoms with van der Waals surface area (Å²) in [6.45, 7) is 0. The van der Waals surface area contributed by atoms with Crippen molar-refractivity contribution in [1.82, 2.24) is 4.98 Å². The molecule has 2 rings (SSSR count). The first kappa shape index (κ1) is 14.2. The summed E-state index contributed by atoms with van der Waals surface area (Å²) in [6, 6.07) is 1.04. The van der Waals surface area contributed by atoms with Crippen molar-refractivity contribution < 1.29 is 22.7 Å². The summed E-state index contributed by atoms with van der Waals surface area (Å²) in [5, 5.41) is 10.1. The van der Waals surface area contributed by atoms with E-state index >= 15 is 0 Å². The first-order chi connectivity index (χ1) is 8.89. The molecule has 3 atom stereocenters. The fraction of sp³-hybridized carbons (Fsp3) is 0.615. The van der Waals surface area contributed by atoms with Crippen molar-refractivity contribution in [1.29, 1.82) is 0 Å². The highest BCUT2D eigenvalue weighted by Crippen LogP contribution is 2.46. The minimum Gasteiger partial charge on any atom is -0.388 e. The Hall–Kier alpha value is -1.17. The van der Waals surface area contributed by atoms with E-state index in [0.717, 1.165) is 12.3 Å². The van der Waals surface area contributed by atoms with Crippen LogP contribution in [0.5, 0.6) is 0 Å². The zero-order chi connectivity index (χ0) is 14.0. The number of aromatic nitrogens is 1. The Labute approximate surface area is 108 Å². The number of rotatable bonds is 2. The highest BCUT2D eigenvalue weighted by atomic mass is 19.4. The Morgan fingerprint density at radius 2 is 1.89 bits per heavy atom. The van der Waals surface area contributed by atoms with Crippen LogP contribution in [0.2, 0.25) is 0 Å². The molecular weight excluding hydrogens is 262 g/mol. The zero-order valence-corrected chi connectivity index (χ0v) is 10.2. The van der Waals surface area contributed by atoms with Gasteiger partial charge in [0, 0.05) is 17.7 Å². The van der Waals surface area contributed by atoms with E-state index in [9.17, 15) is 22.7 Å². The average molecular weight is 277 g/mol. The van der Waals surface area contributed by atoms with Crippen LogP contribution >= 0.6 is 0 Å². The van der Waals surface area contributed by atoms with E-state index < -0.39 is 29.9 Å². The smallest absolute Gasteiger partial charge is 0.388 e. The van der Waals surface area contributed by atoms with Crippen LogP contribution in [0.15, 0.2) is 18.5 Å². The fourth-order valence-electron chi connectivity index (χ4n) is 2.78. The highest BCUT2D eigenvalue weighted by Gasteiger charge is 2.47. The quantitative estimate of drug-likeness (QED) is 0.837.